The Morgan fingerprint density at radius 1 is 1.33 bits per heavy atom. The van der Waals surface area contributed by atoms with Crippen molar-refractivity contribution < 1.29 is 0 Å². The van der Waals surface area contributed by atoms with Crippen LogP contribution in [0.25, 0.3) is 0 Å². The van der Waals surface area contributed by atoms with Crippen LogP contribution in [0.15, 0.2) is 18.2 Å². The van der Waals surface area contributed by atoms with Crippen LogP contribution in [-0.4, -0.2) is 35.2 Å². The first-order valence-electron chi connectivity index (χ1n) is 7.53. The fraction of sp³-hybridized carbons (Fsp3) is 0.562. The smallest absolute Gasteiger partial charge is 0.170 e. The fourth-order valence-electron chi connectivity index (χ4n) is 2.58. The predicted molar refractivity (Wildman–Crippen MR) is 95.3 cm³/mol. The Balaban J connectivity index is 1.81. The number of hydrogen-bond donors (Lipinski definition) is 2. The van der Waals surface area contributed by atoms with Crippen LogP contribution in [0.1, 0.15) is 32.3 Å². The van der Waals surface area contributed by atoms with E-state index in [-0.39, 0.29) is 0 Å². The van der Waals surface area contributed by atoms with Crippen molar-refractivity contribution in [2.24, 2.45) is 0 Å². The highest BCUT2D eigenvalue weighted by molar-refractivity contribution is 7.80. The number of thiocarbonyl (C=S) groups is 1. The van der Waals surface area contributed by atoms with Crippen molar-refractivity contribution in [3.63, 3.8) is 0 Å². The van der Waals surface area contributed by atoms with Crippen LogP contribution in [0.4, 0.5) is 5.69 Å². The van der Waals surface area contributed by atoms with Gasteiger partial charge in [-0.25, -0.2) is 0 Å². The highest BCUT2D eigenvalue weighted by atomic mass is 35.5. The number of anilines is 1. The minimum atomic E-state index is 0.459. The van der Waals surface area contributed by atoms with E-state index in [1.807, 2.05) is 25.1 Å². The Morgan fingerprint density at radius 3 is 2.57 bits per heavy atom. The fourth-order valence-corrected chi connectivity index (χ4v) is 3.05. The maximum Gasteiger partial charge on any atom is 0.170 e. The monoisotopic (exact) mass is 325 g/mol. The number of halogens is 1. The molecule has 0 aliphatic carbocycles. The molecule has 116 valence electrons. The lowest BCUT2D eigenvalue weighted by Gasteiger charge is -2.35. The summed E-state index contributed by atoms with van der Waals surface area (Å²) in [6.45, 7) is 8.76. The Kier molecular flexibility index (Phi) is 5.85. The zero-order valence-corrected chi connectivity index (χ0v) is 14.5. The molecular weight excluding hydrogens is 302 g/mol. The maximum atomic E-state index is 6.13. The molecule has 1 aromatic carbocycles. The molecule has 0 bridgehead atoms. The average molecular weight is 326 g/mol. The standard InChI is InChI=1S/C16H24ClN3S/c1-11(2)20-8-6-13(7-9-20)18-16(21)19-14-5-4-12(3)15(17)10-14/h4-5,10-11,13H,6-9H2,1-3H3,(H2,18,19,21). The molecule has 1 heterocycles. The van der Waals surface area contributed by atoms with E-state index in [0.29, 0.717) is 17.2 Å². The number of nitrogens with zero attached hydrogens (tertiary/aromatic N) is 1. The summed E-state index contributed by atoms with van der Waals surface area (Å²) in [7, 11) is 0. The largest absolute Gasteiger partial charge is 0.360 e. The van der Waals surface area contributed by atoms with E-state index >= 15 is 0 Å². The summed E-state index contributed by atoms with van der Waals surface area (Å²) in [5, 5.41) is 8.06. The molecule has 21 heavy (non-hydrogen) atoms. The number of hydrogen-bond acceptors (Lipinski definition) is 2. The van der Waals surface area contributed by atoms with Gasteiger partial charge in [-0.05, 0) is 63.5 Å². The van der Waals surface area contributed by atoms with Gasteiger partial charge in [0.15, 0.2) is 5.11 Å². The lowest BCUT2D eigenvalue weighted by molar-refractivity contribution is 0.168. The van der Waals surface area contributed by atoms with Gasteiger partial charge in [0.1, 0.15) is 0 Å². The van der Waals surface area contributed by atoms with E-state index in [4.69, 9.17) is 23.8 Å². The van der Waals surface area contributed by atoms with Gasteiger partial charge in [-0.3, -0.25) is 0 Å². The van der Waals surface area contributed by atoms with Gasteiger partial charge in [0.2, 0.25) is 0 Å². The van der Waals surface area contributed by atoms with Crippen LogP contribution in [0.5, 0.6) is 0 Å². The minimum Gasteiger partial charge on any atom is -0.360 e. The van der Waals surface area contributed by atoms with Gasteiger partial charge in [0.25, 0.3) is 0 Å². The van der Waals surface area contributed by atoms with Gasteiger partial charge in [-0.1, -0.05) is 17.7 Å². The van der Waals surface area contributed by atoms with Gasteiger partial charge in [0.05, 0.1) is 0 Å². The molecule has 0 aromatic heterocycles. The molecule has 1 aromatic rings. The van der Waals surface area contributed by atoms with Crippen molar-refractivity contribution >= 4 is 34.6 Å². The summed E-state index contributed by atoms with van der Waals surface area (Å²) in [6.07, 6.45) is 2.27. The van der Waals surface area contributed by atoms with Crippen molar-refractivity contribution in [2.45, 2.75) is 45.7 Å². The highest BCUT2D eigenvalue weighted by Crippen LogP contribution is 2.20. The topological polar surface area (TPSA) is 27.3 Å². The molecule has 0 atom stereocenters. The highest BCUT2D eigenvalue weighted by Gasteiger charge is 2.21. The summed E-state index contributed by atoms with van der Waals surface area (Å²) >= 11 is 11.5. The van der Waals surface area contributed by atoms with Crippen LogP contribution in [-0.2, 0) is 0 Å². The summed E-state index contributed by atoms with van der Waals surface area (Å²) < 4.78 is 0. The second-order valence-electron chi connectivity index (χ2n) is 5.97. The predicted octanol–water partition coefficient (Wildman–Crippen LogP) is 3.81. The molecule has 1 fully saturated rings. The van der Waals surface area contributed by atoms with Crippen molar-refractivity contribution in [1.82, 2.24) is 10.2 Å². The second-order valence-corrected chi connectivity index (χ2v) is 6.78. The molecule has 0 radical (unpaired) electrons. The number of rotatable bonds is 3. The van der Waals surface area contributed by atoms with Crippen molar-refractivity contribution in [3.05, 3.63) is 28.8 Å². The maximum absolute atomic E-state index is 6.13. The molecule has 0 spiro atoms. The van der Waals surface area contributed by atoms with Gasteiger partial charge < -0.3 is 15.5 Å². The average Bonchev–Trinajstić information content (AvgIpc) is 2.43. The van der Waals surface area contributed by atoms with E-state index in [2.05, 4.69) is 29.4 Å². The van der Waals surface area contributed by atoms with Crippen LogP contribution in [0.3, 0.4) is 0 Å². The van der Waals surface area contributed by atoms with Crippen molar-refractivity contribution in [2.75, 3.05) is 18.4 Å². The van der Waals surface area contributed by atoms with Gasteiger partial charge in [-0.2, -0.15) is 0 Å². The molecular formula is C16H24ClN3S. The lowest BCUT2D eigenvalue weighted by Crippen LogP contribution is -2.47. The van der Waals surface area contributed by atoms with E-state index in [0.717, 1.165) is 42.2 Å². The van der Waals surface area contributed by atoms with Crippen molar-refractivity contribution in [1.29, 1.82) is 0 Å². The summed E-state index contributed by atoms with van der Waals surface area (Å²) in [5.41, 5.74) is 2.00. The first-order chi connectivity index (χ1) is 9.95. The van der Waals surface area contributed by atoms with Crippen LogP contribution in [0, 0.1) is 6.92 Å². The number of likely N-dealkylation sites (tertiary alicyclic amines) is 1. The summed E-state index contributed by atoms with van der Waals surface area (Å²) in [5.74, 6) is 0. The molecule has 0 amide bonds. The SMILES string of the molecule is Cc1ccc(NC(=S)NC2CCN(C(C)C)CC2)cc1Cl. The first-order valence-corrected chi connectivity index (χ1v) is 8.32. The second kappa shape index (κ2) is 7.43. The van der Waals surface area contributed by atoms with Gasteiger partial charge in [-0.15, -0.1) is 0 Å². The van der Waals surface area contributed by atoms with E-state index in [1.54, 1.807) is 0 Å². The molecule has 2 N–H and O–H groups in total. The van der Waals surface area contributed by atoms with Gasteiger partial charge >= 0.3 is 0 Å². The molecule has 0 saturated carbocycles. The molecule has 3 nitrogen and oxygen atoms in total. The molecule has 0 unspecified atom stereocenters. The third-order valence-corrected chi connectivity index (χ3v) is 4.65. The molecule has 1 aliphatic rings. The first kappa shape index (κ1) is 16.5. The number of nitrogens with one attached hydrogen (secondary N) is 2. The number of benzene rings is 1. The van der Waals surface area contributed by atoms with E-state index in [9.17, 15) is 0 Å². The number of aryl methyl sites for hydroxylation is 1. The van der Waals surface area contributed by atoms with Crippen LogP contribution < -0.4 is 10.6 Å². The molecule has 5 heteroatoms. The molecule has 1 saturated heterocycles. The van der Waals surface area contributed by atoms with Gasteiger partial charge in [0, 0.05) is 35.9 Å². The Labute approximate surface area is 138 Å². The normalized spacial score (nSPS) is 17.0. The third kappa shape index (κ3) is 4.83. The minimum absolute atomic E-state index is 0.459. The zero-order chi connectivity index (χ0) is 15.4. The third-order valence-electron chi connectivity index (χ3n) is 4.02. The van der Waals surface area contributed by atoms with Crippen LogP contribution >= 0.6 is 23.8 Å². The Hall–Kier alpha value is -0.840. The Bertz CT molecular complexity index is 496. The number of piperidine rings is 1. The van der Waals surface area contributed by atoms with E-state index < -0.39 is 0 Å². The Morgan fingerprint density at radius 2 is 2.00 bits per heavy atom. The van der Waals surface area contributed by atoms with E-state index in [1.165, 1.54) is 0 Å². The summed E-state index contributed by atoms with van der Waals surface area (Å²) in [4.78, 5) is 2.51. The van der Waals surface area contributed by atoms with Crippen LogP contribution in [0.2, 0.25) is 5.02 Å². The van der Waals surface area contributed by atoms with Crippen molar-refractivity contribution in [3.8, 4) is 0 Å². The quantitative estimate of drug-likeness (QED) is 0.826. The molecule has 1 aliphatic heterocycles. The summed E-state index contributed by atoms with van der Waals surface area (Å²) in [6, 6.07) is 6.99. The zero-order valence-electron chi connectivity index (χ0n) is 12.9. The molecule has 2 rings (SSSR count). The lowest BCUT2D eigenvalue weighted by atomic mass is 10.0.